The first-order valence-electron chi connectivity index (χ1n) is 10.0. The highest BCUT2D eigenvalue weighted by Gasteiger charge is 2.30. The number of nitrogens with zero attached hydrogens (tertiary/aromatic N) is 3. The van der Waals surface area contributed by atoms with Crippen molar-refractivity contribution in [1.29, 1.82) is 0 Å². The molecule has 2 heterocycles. The van der Waals surface area contributed by atoms with Gasteiger partial charge in [-0.15, -0.1) is 0 Å². The molecular formula is C21H22F2N4O3. The number of ether oxygens (including phenoxy) is 1. The molecule has 2 aromatic rings. The molecule has 0 unspecified atom stereocenters. The molecule has 4 rings (SSSR count). The molecule has 7 nitrogen and oxygen atoms in total. The average Bonchev–Trinajstić information content (AvgIpc) is 3.63. The van der Waals surface area contributed by atoms with Crippen molar-refractivity contribution in [1.82, 2.24) is 20.3 Å². The van der Waals surface area contributed by atoms with Crippen LogP contribution in [0.3, 0.4) is 0 Å². The molecule has 0 aromatic carbocycles. The van der Waals surface area contributed by atoms with E-state index in [1.54, 1.807) is 0 Å². The fourth-order valence-electron chi connectivity index (χ4n) is 3.15. The van der Waals surface area contributed by atoms with Crippen molar-refractivity contribution < 1.29 is 23.1 Å². The minimum atomic E-state index is -2.56. The summed E-state index contributed by atoms with van der Waals surface area (Å²) >= 11 is 0. The van der Waals surface area contributed by atoms with Gasteiger partial charge in [0.15, 0.2) is 6.61 Å². The summed E-state index contributed by atoms with van der Waals surface area (Å²) in [7, 11) is 0. The monoisotopic (exact) mass is 416 g/mol. The largest absolute Gasteiger partial charge is 0.471 e. The van der Waals surface area contributed by atoms with E-state index in [0.717, 1.165) is 36.8 Å². The normalized spacial score (nSPS) is 15.8. The fourth-order valence-corrected chi connectivity index (χ4v) is 3.15. The number of rotatable bonds is 10. The van der Waals surface area contributed by atoms with Gasteiger partial charge in [-0.05, 0) is 49.3 Å². The van der Waals surface area contributed by atoms with Gasteiger partial charge in [0.05, 0.1) is 6.42 Å². The van der Waals surface area contributed by atoms with E-state index in [1.807, 2.05) is 6.07 Å². The van der Waals surface area contributed by atoms with E-state index < -0.39 is 13.0 Å². The van der Waals surface area contributed by atoms with Crippen LogP contribution in [0.1, 0.15) is 59.0 Å². The third kappa shape index (κ3) is 5.34. The number of hydrogen-bond acceptors (Lipinski definition) is 6. The lowest BCUT2D eigenvalue weighted by Gasteiger charge is -2.12. The molecular weight excluding hydrogens is 394 g/mol. The molecule has 2 aliphatic rings. The van der Waals surface area contributed by atoms with Crippen LogP contribution in [0, 0.1) is 5.92 Å². The molecule has 30 heavy (non-hydrogen) atoms. The maximum Gasteiger partial charge on any atom is 0.272 e. The lowest BCUT2D eigenvalue weighted by atomic mass is 10.1. The van der Waals surface area contributed by atoms with Crippen molar-refractivity contribution in [3.63, 3.8) is 0 Å². The SMILES string of the molecule is O=C(NCc1cnc(OCC(F)F)c(C2CC2)c1)c1ccnc(CC(=O)C2CC2)n1. The lowest BCUT2D eigenvalue weighted by molar-refractivity contribution is -0.119. The Kier molecular flexibility index (Phi) is 5.96. The Bertz CT molecular complexity index is 946. The molecule has 2 aliphatic carbocycles. The summed E-state index contributed by atoms with van der Waals surface area (Å²) in [6.07, 6.45) is 4.32. The van der Waals surface area contributed by atoms with E-state index >= 15 is 0 Å². The number of carbonyl (C=O) groups excluding carboxylic acids is 2. The second-order valence-corrected chi connectivity index (χ2v) is 7.67. The van der Waals surface area contributed by atoms with Crippen molar-refractivity contribution in [2.24, 2.45) is 5.92 Å². The second-order valence-electron chi connectivity index (χ2n) is 7.67. The summed E-state index contributed by atoms with van der Waals surface area (Å²) in [6.45, 7) is -0.483. The Labute approximate surface area is 172 Å². The fraction of sp³-hybridized carbons (Fsp3) is 0.476. The predicted octanol–water partition coefficient (Wildman–Crippen LogP) is 2.84. The number of aromatic nitrogens is 3. The Hall–Kier alpha value is -2.97. The zero-order chi connectivity index (χ0) is 21.1. The molecule has 0 bridgehead atoms. The molecule has 0 spiro atoms. The summed E-state index contributed by atoms with van der Waals surface area (Å²) in [5.41, 5.74) is 1.73. The van der Waals surface area contributed by atoms with Crippen LogP contribution in [0.2, 0.25) is 0 Å². The van der Waals surface area contributed by atoms with E-state index in [4.69, 9.17) is 4.74 Å². The van der Waals surface area contributed by atoms with Crippen LogP contribution in [0.4, 0.5) is 8.78 Å². The molecule has 0 radical (unpaired) electrons. The third-order valence-corrected chi connectivity index (χ3v) is 5.05. The number of pyridine rings is 1. The number of alkyl halides is 2. The molecule has 2 fully saturated rings. The highest BCUT2D eigenvalue weighted by atomic mass is 19.3. The van der Waals surface area contributed by atoms with Gasteiger partial charge in [-0.25, -0.2) is 23.7 Å². The Morgan fingerprint density at radius 2 is 2.00 bits per heavy atom. The predicted molar refractivity (Wildman–Crippen MR) is 102 cm³/mol. The number of halogens is 2. The first-order valence-corrected chi connectivity index (χ1v) is 10.0. The van der Waals surface area contributed by atoms with E-state index in [9.17, 15) is 18.4 Å². The van der Waals surface area contributed by atoms with Crippen LogP contribution in [0.25, 0.3) is 0 Å². The van der Waals surface area contributed by atoms with Gasteiger partial charge < -0.3 is 10.1 Å². The first-order chi connectivity index (χ1) is 14.5. The van der Waals surface area contributed by atoms with Gasteiger partial charge in [-0.3, -0.25) is 9.59 Å². The van der Waals surface area contributed by atoms with Crippen LogP contribution < -0.4 is 10.1 Å². The number of carbonyl (C=O) groups is 2. The van der Waals surface area contributed by atoms with E-state index in [-0.39, 0.29) is 48.1 Å². The van der Waals surface area contributed by atoms with Crippen molar-refractivity contribution in [3.05, 3.63) is 47.2 Å². The summed E-state index contributed by atoms with van der Waals surface area (Å²) in [5.74, 6) is 0.677. The smallest absolute Gasteiger partial charge is 0.272 e. The van der Waals surface area contributed by atoms with Crippen LogP contribution in [0.5, 0.6) is 5.88 Å². The van der Waals surface area contributed by atoms with Gasteiger partial charge >= 0.3 is 0 Å². The zero-order valence-electron chi connectivity index (χ0n) is 16.3. The molecule has 158 valence electrons. The summed E-state index contributed by atoms with van der Waals surface area (Å²) in [6, 6.07) is 3.33. The molecule has 2 saturated carbocycles. The molecule has 0 saturated heterocycles. The number of ketones is 1. The molecule has 9 heteroatoms. The van der Waals surface area contributed by atoms with Gasteiger partial charge in [0.25, 0.3) is 12.3 Å². The maximum absolute atomic E-state index is 12.5. The summed E-state index contributed by atoms with van der Waals surface area (Å²) in [4.78, 5) is 36.8. The summed E-state index contributed by atoms with van der Waals surface area (Å²) < 4.78 is 30.0. The highest BCUT2D eigenvalue weighted by Crippen LogP contribution is 2.43. The maximum atomic E-state index is 12.5. The van der Waals surface area contributed by atoms with Gasteiger partial charge in [-0.1, -0.05) is 0 Å². The van der Waals surface area contributed by atoms with E-state index in [2.05, 4.69) is 20.3 Å². The Morgan fingerprint density at radius 1 is 1.20 bits per heavy atom. The Morgan fingerprint density at radius 3 is 2.70 bits per heavy atom. The standard InChI is InChI=1S/C21H22F2N4O3/c22-18(23)11-30-21-15(13-1-2-13)7-12(10-26-21)9-25-20(29)16-5-6-24-19(27-16)8-17(28)14-3-4-14/h5-7,10,13-14,18H,1-4,8-9,11H2,(H,25,29). The molecule has 1 N–H and O–H groups in total. The molecule has 2 aromatic heterocycles. The van der Waals surface area contributed by atoms with Crippen molar-refractivity contribution >= 4 is 11.7 Å². The van der Waals surface area contributed by atoms with E-state index in [1.165, 1.54) is 18.5 Å². The van der Waals surface area contributed by atoms with Crippen LogP contribution in [-0.2, 0) is 17.8 Å². The van der Waals surface area contributed by atoms with Gasteiger partial charge in [0, 0.05) is 30.4 Å². The van der Waals surface area contributed by atoms with Crippen molar-refractivity contribution in [2.45, 2.75) is 51.0 Å². The number of hydrogen-bond donors (Lipinski definition) is 1. The number of Topliss-reactive ketones (excluding diaryl/α,β-unsaturated/α-hetero) is 1. The topological polar surface area (TPSA) is 94.1 Å². The molecule has 1 amide bonds. The minimum absolute atomic E-state index is 0.111. The average molecular weight is 416 g/mol. The van der Waals surface area contributed by atoms with Gasteiger partial charge in [0.1, 0.15) is 17.3 Å². The van der Waals surface area contributed by atoms with E-state index in [0.29, 0.717) is 5.82 Å². The summed E-state index contributed by atoms with van der Waals surface area (Å²) in [5, 5.41) is 2.77. The zero-order valence-corrected chi connectivity index (χ0v) is 16.3. The second kappa shape index (κ2) is 8.81. The molecule has 0 atom stereocenters. The Balaban J connectivity index is 1.37. The molecule has 0 aliphatic heterocycles. The lowest BCUT2D eigenvalue weighted by Crippen LogP contribution is -2.25. The number of nitrogens with one attached hydrogen (secondary N) is 1. The van der Waals surface area contributed by atoms with Gasteiger partial charge in [-0.2, -0.15) is 0 Å². The quantitative estimate of drug-likeness (QED) is 0.640. The van der Waals surface area contributed by atoms with Crippen LogP contribution >= 0.6 is 0 Å². The third-order valence-electron chi connectivity index (χ3n) is 5.05. The van der Waals surface area contributed by atoms with Crippen LogP contribution in [0.15, 0.2) is 24.5 Å². The van der Waals surface area contributed by atoms with Crippen molar-refractivity contribution in [2.75, 3.05) is 6.61 Å². The minimum Gasteiger partial charge on any atom is -0.471 e. The van der Waals surface area contributed by atoms with Crippen molar-refractivity contribution in [3.8, 4) is 5.88 Å². The van der Waals surface area contributed by atoms with Gasteiger partial charge in [0.2, 0.25) is 5.88 Å². The van der Waals surface area contributed by atoms with Crippen LogP contribution in [-0.4, -0.2) is 39.7 Å². The highest BCUT2D eigenvalue weighted by molar-refractivity contribution is 5.92. The first kappa shape index (κ1) is 20.3. The number of amides is 1.